The van der Waals surface area contributed by atoms with E-state index < -0.39 is 40.7 Å². The fraction of sp³-hybridized carbons (Fsp3) is 0.455. The predicted octanol–water partition coefficient (Wildman–Crippen LogP) is 3.90. The standard InChI is InChI=1S/C22H24F3N3O3S/c23-8-10-28-9-7-21(27-28)26-22(29)18(11-14-12-19(24)20(25)13-14)15-1-3-16(4-2-15)32(30,31)17-5-6-17/h1-4,7,9,11,14,17,19-20H,5-6,8,10,12-13H2,(H,26,27,29)/t14?,19-,20+. The number of hydrogen-bond acceptors (Lipinski definition) is 4. The van der Waals surface area contributed by atoms with Crippen LogP contribution in [-0.4, -0.2) is 48.4 Å². The largest absolute Gasteiger partial charge is 0.305 e. The number of anilines is 1. The fourth-order valence-corrected chi connectivity index (χ4v) is 5.52. The molecule has 0 spiro atoms. The Balaban J connectivity index is 1.60. The smallest absolute Gasteiger partial charge is 0.257 e. The van der Waals surface area contributed by atoms with E-state index in [1.807, 2.05) is 0 Å². The minimum absolute atomic E-state index is 0.0305. The first-order valence-electron chi connectivity index (χ1n) is 10.5. The molecule has 1 N–H and O–H groups in total. The van der Waals surface area contributed by atoms with E-state index in [1.165, 1.54) is 47.3 Å². The summed E-state index contributed by atoms with van der Waals surface area (Å²) in [6, 6.07) is 7.46. The number of amides is 1. The summed E-state index contributed by atoms with van der Waals surface area (Å²) in [6.45, 7) is -0.555. The molecule has 1 aromatic heterocycles. The molecule has 4 rings (SSSR count). The zero-order chi connectivity index (χ0) is 22.9. The molecule has 10 heteroatoms. The molecule has 0 radical (unpaired) electrons. The van der Waals surface area contributed by atoms with Gasteiger partial charge in [-0.3, -0.25) is 9.48 Å². The molecule has 3 atom stereocenters. The van der Waals surface area contributed by atoms with Crippen LogP contribution >= 0.6 is 0 Å². The van der Waals surface area contributed by atoms with Crippen molar-refractivity contribution in [1.82, 2.24) is 9.78 Å². The third-order valence-electron chi connectivity index (χ3n) is 5.75. The Hall–Kier alpha value is -2.62. The number of aryl methyl sites for hydroxylation is 1. The van der Waals surface area contributed by atoms with Crippen molar-refractivity contribution in [3.63, 3.8) is 0 Å². The van der Waals surface area contributed by atoms with E-state index in [1.54, 1.807) is 0 Å². The average Bonchev–Trinajstić information content (AvgIpc) is 3.47. The quantitative estimate of drug-likeness (QED) is 0.597. The number of allylic oxidation sites excluding steroid dienone is 1. The molecule has 2 aliphatic rings. The van der Waals surface area contributed by atoms with Crippen molar-refractivity contribution >= 4 is 27.1 Å². The second kappa shape index (κ2) is 9.09. The number of carbonyl (C=O) groups is 1. The van der Waals surface area contributed by atoms with Gasteiger partial charge in [0.05, 0.1) is 16.7 Å². The monoisotopic (exact) mass is 467 g/mol. The minimum Gasteiger partial charge on any atom is -0.305 e. The summed E-state index contributed by atoms with van der Waals surface area (Å²) in [5, 5.41) is 6.33. The Bertz CT molecular complexity index is 1100. The Morgan fingerprint density at radius 1 is 1.12 bits per heavy atom. The van der Waals surface area contributed by atoms with Crippen LogP contribution < -0.4 is 5.32 Å². The summed E-state index contributed by atoms with van der Waals surface area (Å²) in [5.41, 5.74) is 0.602. The second-order valence-corrected chi connectivity index (χ2v) is 10.4. The van der Waals surface area contributed by atoms with Gasteiger partial charge in [0.25, 0.3) is 5.91 Å². The highest BCUT2D eigenvalue weighted by atomic mass is 32.2. The van der Waals surface area contributed by atoms with Crippen molar-refractivity contribution in [2.24, 2.45) is 5.92 Å². The van der Waals surface area contributed by atoms with E-state index in [4.69, 9.17) is 0 Å². The molecule has 1 amide bonds. The van der Waals surface area contributed by atoms with E-state index >= 15 is 0 Å². The molecule has 1 heterocycles. The van der Waals surface area contributed by atoms with Crippen LogP contribution in [0, 0.1) is 5.92 Å². The van der Waals surface area contributed by atoms with Crippen molar-refractivity contribution in [3.05, 3.63) is 48.2 Å². The van der Waals surface area contributed by atoms with Crippen LogP contribution in [0.25, 0.3) is 5.57 Å². The maximum absolute atomic E-state index is 13.7. The molecule has 6 nitrogen and oxygen atoms in total. The summed E-state index contributed by atoms with van der Waals surface area (Å²) in [6.07, 6.45) is 1.12. The predicted molar refractivity (Wildman–Crippen MR) is 114 cm³/mol. The van der Waals surface area contributed by atoms with Gasteiger partial charge in [0, 0.05) is 17.8 Å². The van der Waals surface area contributed by atoms with Crippen LogP contribution in [0.5, 0.6) is 0 Å². The number of nitrogens with zero attached hydrogens (tertiary/aromatic N) is 2. The van der Waals surface area contributed by atoms with Gasteiger partial charge in [-0.05, 0) is 49.3 Å². The number of carbonyl (C=O) groups excluding carboxylic acids is 1. The van der Waals surface area contributed by atoms with Crippen LogP contribution in [0.15, 0.2) is 47.5 Å². The average molecular weight is 468 g/mol. The van der Waals surface area contributed by atoms with Gasteiger partial charge in [0.15, 0.2) is 15.7 Å². The highest BCUT2D eigenvalue weighted by Gasteiger charge is 2.37. The second-order valence-electron chi connectivity index (χ2n) is 8.22. The van der Waals surface area contributed by atoms with Gasteiger partial charge >= 0.3 is 0 Å². The lowest BCUT2D eigenvalue weighted by molar-refractivity contribution is -0.111. The lowest BCUT2D eigenvalue weighted by Crippen LogP contribution is -2.16. The Kier molecular flexibility index (Phi) is 6.41. The zero-order valence-corrected chi connectivity index (χ0v) is 18.1. The molecular weight excluding hydrogens is 443 g/mol. The zero-order valence-electron chi connectivity index (χ0n) is 17.3. The van der Waals surface area contributed by atoms with Crippen molar-refractivity contribution in [2.45, 2.75) is 54.7 Å². The first kappa shape index (κ1) is 22.6. The molecule has 32 heavy (non-hydrogen) atoms. The van der Waals surface area contributed by atoms with Crippen molar-refractivity contribution in [3.8, 4) is 0 Å². The summed E-state index contributed by atoms with van der Waals surface area (Å²) in [5.74, 6) is -0.814. The summed E-state index contributed by atoms with van der Waals surface area (Å²) in [4.78, 5) is 13.2. The summed E-state index contributed by atoms with van der Waals surface area (Å²) < 4.78 is 66.1. The van der Waals surface area contributed by atoms with E-state index in [2.05, 4.69) is 10.4 Å². The highest BCUT2D eigenvalue weighted by molar-refractivity contribution is 7.92. The van der Waals surface area contributed by atoms with E-state index in [0.29, 0.717) is 18.4 Å². The number of nitrogens with one attached hydrogen (secondary N) is 1. The molecule has 0 bridgehead atoms. The number of rotatable bonds is 8. The third-order valence-corrected chi connectivity index (χ3v) is 8.03. The molecule has 2 fully saturated rings. The lowest BCUT2D eigenvalue weighted by Gasteiger charge is -2.12. The molecule has 172 valence electrons. The Labute approximate surface area is 184 Å². The number of aromatic nitrogens is 2. The molecule has 0 saturated heterocycles. The van der Waals surface area contributed by atoms with Crippen LogP contribution in [0.2, 0.25) is 0 Å². The Morgan fingerprint density at radius 2 is 1.78 bits per heavy atom. The van der Waals surface area contributed by atoms with Gasteiger partial charge in [-0.1, -0.05) is 18.2 Å². The van der Waals surface area contributed by atoms with E-state index in [-0.39, 0.29) is 40.9 Å². The SMILES string of the molecule is O=C(Nc1ccn(CCF)n1)C(=CC1C[C@@H](F)[C@@H](F)C1)c1ccc(S(=O)(=O)C2CC2)cc1. The minimum atomic E-state index is -3.38. The highest BCUT2D eigenvalue weighted by Crippen LogP contribution is 2.36. The molecule has 2 aromatic rings. The lowest BCUT2D eigenvalue weighted by atomic mass is 9.98. The van der Waals surface area contributed by atoms with Gasteiger partial charge in [-0.15, -0.1) is 0 Å². The third kappa shape index (κ3) is 4.90. The van der Waals surface area contributed by atoms with Crippen molar-refractivity contribution < 1.29 is 26.4 Å². The van der Waals surface area contributed by atoms with Gasteiger partial charge in [0.1, 0.15) is 19.0 Å². The maximum Gasteiger partial charge on any atom is 0.257 e. The van der Waals surface area contributed by atoms with Crippen LogP contribution in [0.1, 0.15) is 31.2 Å². The number of alkyl halides is 3. The van der Waals surface area contributed by atoms with Gasteiger partial charge in [-0.2, -0.15) is 5.10 Å². The fourth-order valence-electron chi connectivity index (χ4n) is 3.86. The molecular formula is C22H24F3N3O3S. The topological polar surface area (TPSA) is 81.1 Å². The van der Waals surface area contributed by atoms with Crippen LogP contribution in [0.4, 0.5) is 19.0 Å². The van der Waals surface area contributed by atoms with Gasteiger partial charge in [0.2, 0.25) is 0 Å². The first-order valence-corrected chi connectivity index (χ1v) is 12.1. The van der Waals surface area contributed by atoms with E-state index in [0.717, 1.165) is 0 Å². The number of hydrogen-bond donors (Lipinski definition) is 1. The summed E-state index contributed by atoms with van der Waals surface area (Å²) in [7, 11) is -3.38. The number of sulfone groups is 1. The first-order chi connectivity index (χ1) is 15.3. The molecule has 2 saturated carbocycles. The molecule has 2 aliphatic carbocycles. The van der Waals surface area contributed by atoms with E-state index in [9.17, 15) is 26.4 Å². The number of halogens is 3. The number of benzene rings is 1. The molecule has 1 unspecified atom stereocenters. The van der Waals surface area contributed by atoms with Gasteiger partial charge < -0.3 is 5.32 Å². The van der Waals surface area contributed by atoms with Crippen molar-refractivity contribution in [1.29, 1.82) is 0 Å². The summed E-state index contributed by atoms with van der Waals surface area (Å²) >= 11 is 0. The van der Waals surface area contributed by atoms with Gasteiger partial charge in [-0.25, -0.2) is 21.6 Å². The van der Waals surface area contributed by atoms with Crippen LogP contribution in [0.3, 0.4) is 0 Å². The molecule has 0 aliphatic heterocycles. The maximum atomic E-state index is 13.7. The Morgan fingerprint density at radius 3 is 2.38 bits per heavy atom. The van der Waals surface area contributed by atoms with Crippen LogP contribution in [-0.2, 0) is 21.2 Å². The normalized spacial score (nSPS) is 24.0. The molecule has 1 aromatic carbocycles. The van der Waals surface area contributed by atoms with Crippen molar-refractivity contribution in [2.75, 3.05) is 12.0 Å².